The number of aromatic nitrogens is 2. The van der Waals surface area contributed by atoms with Crippen LogP contribution < -0.4 is 5.32 Å². The Kier molecular flexibility index (Phi) is 4.52. The molecular weight excluding hydrogens is 362 g/mol. The lowest BCUT2D eigenvalue weighted by Crippen LogP contribution is -1.99. The van der Waals surface area contributed by atoms with Gasteiger partial charge in [0, 0.05) is 21.7 Å². The van der Waals surface area contributed by atoms with E-state index in [1.54, 1.807) is 24.5 Å². The summed E-state index contributed by atoms with van der Waals surface area (Å²) in [5.41, 5.74) is 2.58. The highest BCUT2D eigenvalue weighted by Gasteiger charge is 2.06. The number of nitrogens with one attached hydrogen (secondary N) is 1. The number of aliphatic hydroxyl groups excluding tert-OH is 1. The van der Waals surface area contributed by atoms with E-state index in [1.807, 2.05) is 41.8 Å². The lowest BCUT2D eigenvalue weighted by Gasteiger charge is -2.09. The fourth-order valence-electron chi connectivity index (χ4n) is 2.01. The van der Waals surface area contributed by atoms with Crippen LogP contribution in [-0.4, -0.2) is 15.1 Å². The zero-order valence-corrected chi connectivity index (χ0v) is 14.2. The first-order chi connectivity index (χ1) is 10.6. The number of rotatable bonds is 4. The Bertz CT molecular complexity index is 788. The molecule has 0 aliphatic heterocycles. The summed E-state index contributed by atoms with van der Waals surface area (Å²) < 4.78 is 1.05. The molecule has 4 nitrogen and oxygen atoms in total. The van der Waals surface area contributed by atoms with Crippen LogP contribution in [0.1, 0.15) is 18.6 Å². The van der Waals surface area contributed by atoms with Crippen molar-refractivity contribution in [2.75, 3.05) is 5.32 Å². The first-order valence-electron chi connectivity index (χ1n) is 6.74. The first-order valence-corrected chi connectivity index (χ1v) is 8.41. The van der Waals surface area contributed by atoms with Gasteiger partial charge >= 0.3 is 0 Å². The number of benzene rings is 1. The highest BCUT2D eigenvalue weighted by molar-refractivity contribution is 9.10. The van der Waals surface area contributed by atoms with Crippen molar-refractivity contribution in [3.05, 3.63) is 58.0 Å². The van der Waals surface area contributed by atoms with Crippen molar-refractivity contribution in [1.29, 1.82) is 0 Å². The fraction of sp³-hybridized carbons (Fsp3) is 0.125. The van der Waals surface area contributed by atoms with Crippen molar-refractivity contribution in [2.45, 2.75) is 13.0 Å². The molecule has 2 N–H and O–H groups in total. The second-order valence-electron chi connectivity index (χ2n) is 4.82. The van der Waals surface area contributed by atoms with E-state index in [1.165, 1.54) is 0 Å². The highest BCUT2D eigenvalue weighted by Crippen LogP contribution is 2.29. The lowest BCUT2D eigenvalue weighted by atomic mass is 10.1. The van der Waals surface area contributed by atoms with Crippen LogP contribution in [0.4, 0.5) is 11.6 Å². The van der Waals surface area contributed by atoms with E-state index in [0.717, 1.165) is 26.3 Å². The third-order valence-corrected chi connectivity index (χ3v) is 4.81. The van der Waals surface area contributed by atoms with Crippen LogP contribution in [0, 0.1) is 0 Å². The monoisotopic (exact) mass is 375 g/mol. The average Bonchev–Trinajstić information content (AvgIpc) is 2.94. The topological polar surface area (TPSA) is 58.0 Å². The Labute approximate surface area is 141 Å². The smallest absolute Gasteiger partial charge is 0.227 e. The number of anilines is 2. The molecule has 1 unspecified atom stereocenters. The maximum absolute atomic E-state index is 9.65. The van der Waals surface area contributed by atoms with Crippen molar-refractivity contribution < 1.29 is 5.11 Å². The molecule has 0 radical (unpaired) electrons. The molecule has 0 aliphatic rings. The van der Waals surface area contributed by atoms with Gasteiger partial charge in [0.2, 0.25) is 5.95 Å². The van der Waals surface area contributed by atoms with Gasteiger partial charge in [0.05, 0.1) is 16.7 Å². The third-order valence-electron chi connectivity index (χ3n) is 3.10. The van der Waals surface area contributed by atoms with E-state index in [9.17, 15) is 5.11 Å². The predicted molar refractivity (Wildman–Crippen MR) is 93.4 cm³/mol. The molecule has 2 heterocycles. The molecule has 0 fully saturated rings. The zero-order valence-electron chi connectivity index (χ0n) is 11.8. The van der Waals surface area contributed by atoms with Gasteiger partial charge < -0.3 is 10.4 Å². The number of halogens is 1. The number of aliphatic hydroxyl groups is 1. The van der Waals surface area contributed by atoms with E-state index in [2.05, 4.69) is 31.2 Å². The molecule has 1 aromatic carbocycles. The van der Waals surface area contributed by atoms with Crippen LogP contribution in [-0.2, 0) is 0 Å². The van der Waals surface area contributed by atoms with E-state index in [-0.39, 0.29) is 0 Å². The molecule has 3 rings (SSSR count). The van der Waals surface area contributed by atoms with E-state index in [4.69, 9.17) is 0 Å². The maximum Gasteiger partial charge on any atom is 0.227 e. The molecule has 112 valence electrons. The van der Waals surface area contributed by atoms with E-state index >= 15 is 0 Å². The summed E-state index contributed by atoms with van der Waals surface area (Å²) in [4.78, 5) is 9.86. The summed E-state index contributed by atoms with van der Waals surface area (Å²) in [5, 5.41) is 14.8. The molecule has 0 bridgehead atoms. The van der Waals surface area contributed by atoms with Gasteiger partial charge in [-0.15, -0.1) is 11.3 Å². The average molecular weight is 376 g/mol. The zero-order chi connectivity index (χ0) is 15.5. The van der Waals surface area contributed by atoms with Gasteiger partial charge in [-0.2, -0.15) is 0 Å². The molecular formula is C16H14BrN3OS. The van der Waals surface area contributed by atoms with Gasteiger partial charge in [-0.05, 0) is 52.7 Å². The second kappa shape index (κ2) is 6.56. The summed E-state index contributed by atoms with van der Waals surface area (Å²) in [6.45, 7) is 1.74. The minimum atomic E-state index is -0.502. The minimum absolute atomic E-state index is 0.502. The molecule has 0 spiro atoms. The van der Waals surface area contributed by atoms with Crippen molar-refractivity contribution in [3.63, 3.8) is 0 Å². The van der Waals surface area contributed by atoms with Gasteiger partial charge in [0.25, 0.3) is 0 Å². The summed E-state index contributed by atoms with van der Waals surface area (Å²) in [6.07, 6.45) is 1.23. The summed E-state index contributed by atoms with van der Waals surface area (Å²) in [7, 11) is 0. The molecule has 6 heteroatoms. The fourth-order valence-corrected chi connectivity index (χ4v) is 3.41. The quantitative estimate of drug-likeness (QED) is 0.689. The molecule has 2 aromatic heterocycles. The van der Waals surface area contributed by atoms with Crippen LogP contribution in [0.25, 0.3) is 10.6 Å². The third kappa shape index (κ3) is 3.52. The Morgan fingerprint density at radius 2 is 2.14 bits per heavy atom. The van der Waals surface area contributed by atoms with Gasteiger partial charge in [0.1, 0.15) is 0 Å². The van der Waals surface area contributed by atoms with Crippen LogP contribution in [0.2, 0.25) is 0 Å². The van der Waals surface area contributed by atoms with E-state index in [0.29, 0.717) is 5.95 Å². The molecule has 0 saturated carbocycles. The van der Waals surface area contributed by atoms with E-state index < -0.39 is 6.10 Å². The highest BCUT2D eigenvalue weighted by atomic mass is 79.9. The van der Waals surface area contributed by atoms with Crippen molar-refractivity contribution in [3.8, 4) is 10.6 Å². The largest absolute Gasteiger partial charge is 0.389 e. The SMILES string of the molecule is CC(O)c1cccc(Nc2nccc(-c3cc(Br)cs3)n2)c1. The lowest BCUT2D eigenvalue weighted by molar-refractivity contribution is 0.199. The normalized spacial score (nSPS) is 12.1. The van der Waals surface area contributed by atoms with Gasteiger partial charge in [-0.3, -0.25) is 0 Å². The molecule has 3 aromatic rings. The van der Waals surface area contributed by atoms with Crippen LogP contribution in [0.15, 0.2) is 52.4 Å². The van der Waals surface area contributed by atoms with Crippen molar-refractivity contribution in [1.82, 2.24) is 9.97 Å². The van der Waals surface area contributed by atoms with Gasteiger partial charge in [-0.1, -0.05) is 12.1 Å². The standard InChI is InChI=1S/C16H14BrN3OS/c1-10(21)11-3-2-4-13(7-11)19-16-18-6-5-14(20-16)15-8-12(17)9-22-15/h2-10,21H,1H3,(H,18,19,20). The van der Waals surface area contributed by atoms with Crippen molar-refractivity contribution >= 4 is 38.9 Å². The first kappa shape index (κ1) is 15.1. The molecule has 1 atom stereocenters. The van der Waals surface area contributed by atoms with Crippen LogP contribution in [0.5, 0.6) is 0 Å². The van der Waals surface area contributed by atoms with Crippen LogP contribution >= 0.6 is 27.3 Å². The number of nitrogens with zero attached hydrogens (tertiary/aromatic N) is 2. The van der Waals surface area contributed by atoms with Gasteiger partial charge in [-0.25, -0.2) is 9.97 Å². The molecule has 0 saturated heterocycles. The maximum atomic E-state index is 9.65. The summed E-state index contributed by atoms with van der Waals surface area (Å²) in [5.74, 6) is 0.532. The Hall–Kier alpha value is -1.76. The Morgan fingerprint density at radius 3 is 2.86 bits per heavy atom. The summed E-state index contributed by atoms with van der Waals surface area (Å²) in [6, 6.07) is 11.5. The number of hydrogen-bond acceptors (Lipinski definition) is 5. The molecule has 0 aliphatic carbocycles. The Balaban J connectivity index is 1.85. The number of thiophene rings is 1. The van der Waals surface area contributed by atoms with Crippen LogP contribution in [0.3, 0.4) is 0 Å². The van der Waals surface area contributed by atoms with Gasteiger partial charge in [0.15, 0.2) is 0 Å². The molecule has 22 heavy (non-hydrogen) atoms. The predicted octanol–water partition coefficient (Wildman–Crippen LogP) is 4.76. The Morgan fingerprint density at radius 1 is 1.27 bits per heavy atom. The second-order valence-corrected chi connectivity index (χ2v) is 6.65. The summed E-state index contributed by atoms with van der Waals surface area (Å²) >= 11 is 5.08. The van der Waals surface area contributed by atoms with Crippen molar-refractivity contribution in [2.24, 2.45) is 0 Å². The number of hydrogen-bond donors (Lipinski definition) is 2. The molecule has 0 amide bonds. The minimum Gasteiger partial charge on any atom is -0.389 e.